The molecule has 0 unspecified atom stereocenters. The van der Waals surface area contributed by atoms with Gasteiger partial charge in [-0.25, -0.2) is 4.98 Å². The molecule has 0 aliphatic rings. The molecule has 0 radical (unpaired) electrons. The van der Waals surface area contributed by atoms with Crippen LogP contribution < -0.4 is 14.8 Å². The van der Waals surface area contributed by atoms with Crippen LogP contribution in [0, 0.1) is 6.92 Å². The number of hydrogen-bond acceptors (Lipinski definition) is 4. The fraction of sp³-hybridized carbons (Fsp3) is 0.300. The molecular weight excluding hydrogens is 330 g/mol. The van der Waals surface area contributed by atoms with Gasteiger partial charge in [-0.15, -0.1) is 0 Å². The Morgan fingerprint density at radius 2 is 1.81 bits per heavy atom. The average molecular weight is 353 g/mol. The van der Waals surface area contributed by atoms with Crippen molar-refractivity contribution < 1.29 is 14.3 Å². The van der Waals surface area contributed by atoms with Gasteiger partial charge in [0.15, 0.2) is 0 Å². The van der Waals surface area contributed by atoms with Crippen LogP contribution in [0.1, 0.15) is 22.6 Å². The van der Waals surface area contributed by atoms with Gasteiger partial charge in [0.05, 0.1) is 25.3 Å². The average Bonchev–Trinajstić information content (AvgIpc) is 2.99. The van der Waals surface area contributed by atoms with Crippen LogP contribution in [0.4, 0.5) is 0 Å². The van der Waals surface area contributed by atoms with Crippen molar-refractivity contribution >= 4 is 16.9 Å². The lowest BCUT2D eigenvalue weighted by atomic mass is 10.2. The predicted molar refractivity (Wildman–Crippen MR) is 101 cm³/mol. The van der Waals surface area contributed by atoms with E-state index < -0.39 is 0 Å². The number of carbonyl (C=O) groups excluding carboxylic acids is 1. The van der Waals surface area contributed by atoms with Gasteiger partial charge in [-0.05, 0) is 37.6 Å². The fourth-order valence-electron chi connectivity index (χ4n) is 2.96. The molecule has 6 nitrogen and oxygen atoms in total. The first-order chi connectivity index (χ1) is 12.6. The molecule has 1 N–H and O–H groups in total. The second-order valence-corrected chi connectivity index (χ2v) is 6.01. The van der Waals surface area contributed by atoms with Crippen LogP contribution in [-0.2, 0) is 6.54 Å². The minimum atomic E-state index is -0.144. The van der Waals surface area contributed by atoms with Crippen molar-refractivity contribution in [3.63, 3.8) is 0 Å². The van der Waals surface area contributed by atoms with Gasteiger partial charge in [0, 0.05) is 24.7 Å². The van der Waals surface area contributed by atoms with Crippen molar-refractivity contribution in [3.8, 4) is 11.5 Å². The number of hydrogen-bond donors (Lipinski definition) is 1. The molecule has 0 bridgehead atoms. The number of imidazole rings is 1. The number of benzene rings is 2. The van der Waals surface area contributed by atoms with Gasteiger partial charge in [-0.3, -0.25) is 4.79 Å². The summed E-state index contributed by atoms with van der Waals surface area (Å²) >= 11 is 0. The Kier molecular flexibility index (Phi) is 5.41. The second kappa shape index (κ2) is 7.91. The van der Waals surface area contributed by atoms with E-state index in [1.165, 1.54) is 0 Å². The number of aryl methyl sites for hydroxylation is 2. The quantitative estimate of drug-likeness (QED) is 0.663. The Labute approximate surface area is 152 Å². The molecular formula is C20H23N3O3. The summed E-state index contributed by atoms with van der Waals surface area (Å²) in [5.74, 6) is 2.02. The van der Waals surface area contributed by atoms with Crippen molar-refractivity contribution in [1.82, 2.24) is 14.9 Å². The number of methoxy groups -OCH3 is 2. The molecule has 0 aliphatic heterocycles. The number of rotatable bonds is 7. The third kappa shape index (κ3) is 3.79. The van der Waals surface area contributed by atoms with Gasteiger partial charge >= 0.3 is 0 Å². The lowest BCUT2D eigenvalue weighted by molar-refractivity contribution is 0.0952. The van der Waals surface area contributed by atoms with Crippen molar-refractivity contribution in [3.05, 3.63) is 53.9 Å². The molecule has 6 heteroatoms. The van der Waals surface area contributed by atoms with Crippen molar-refractivity contribution in [1.29, 1.82) is 0 Å². The molecule has 2 aromatic carbocycles. The first kappa shape index (κ1) is 17.8. The Morgan fingerprint density at radius 1 is 1.12 bits per heavy atom. The Morgan fingerprint density at radius 3 is 2.50 bits per heavy atom. The van der Waals surface area contributed by atoms with Crippen molar-refractivity contribution in [2.45, 2.75) is 19.9 Å². The molecule has 1 amide bonds. The van der Waals surface area contributed by atoms with Crippen molar-refractivity contribution in [2.24, 2.45) is 0 Å². The monoisotopic (exact) mass is 353 g/mol. The Bertz CT molecular complexity index is 896. The van der Waals surface area contributed by atoms with Crippen LogP contribution in [-0.4, -0.2) is 36.2 Å². The van der Waals surface area contributed by atoms with E-state index in [-0.39, 0.29) is 5.91 Å². The topological polar surface area (TPSA) is 65.4 Å². The number of carbonyl (C=O) groups is 1. The van der Waals surface area contributed by atoms with Gasteiger partial charge in [-0.1, -0.05) is 12.1 Å². The van der Waals surface area contributed by atoms with E-state index in [0.29, 0.717) is 23.6 Å². The zero-order valence-electron chi connectivity index (χ0n) is 15.3. The van der Waals surface area contributed by atoms with Crippen LogP contribution in [0.25, 0.3) is 11.0 Å². The van der Waals surface area contributed by atoms with Crippen LogP contribution in [0.15, 0.2) is 42.5 Å². The summed E-state index contributed by atoms with van der Waals surface area (Å²) in [5, 5.41) is 2.95. The van der Waals surface area contributed by atoms with Crippen molar-refractivity contribution in [2.75, 3.05) is 20.8 Å². The molecule has 1 aromatic heterocycles. The molecule has 3 aromatic rings. The fourth-order valence-corrected chi connectivity index (χ4v) is 2.96. The highest BCUT2D eigenvalue weighted by atomic mass is 16.5. The van der Waals surface area contributed by atoms with E-state index in [1.54, 1.807) is 32.4 Å². The summed E-state index contributed by atoms with van der Waals surface area (Å²) < 4.78 is 12.6. The van der Waals surface area contributed by atoms with Crippen LogP contribution in [0.3, 0.4) is 0 Å². The van der Waals surface area contributed by atoms with E-state index in [4.69, 9.17) is 9.47 Å². The summed E-state index contributed by atoms with van der Waals surface area (Å²) in [6.07, 6.45) is 0.814. The van der Waals surface area contributed by atoms with Crippen LogP contribution in [0.2, 0.25) is 0 Å². The smallest absolute Gasteiger partial charge is 0.251 e. The van der Waals surface area contributed by atoms with Gasteiger partial charge in [-0.2, -0.15) is 0 Å². The van der Waals surface area contributed by atoms with E-state index in [2.05, 4.69) is 20.9 Å². The third-order valence-corrected chi connectivity index (χ3v) is 4.30. The molecule has 3 rings (SSSR count). The maximum atomic E-state index is 12.4. The highest BCUT2D eigenvalue weighted by molar-refractivity contribution is 5.95. The van der Waals surface area contributed by atoms with E-state index in [0.717, 1.165) is 29.8 Å². The maximum Gasteiger partial charge on any atom is 0.251 e. The summed E-state index contributed by atoms with van der Waals surface area (Å²) in [5.41, 5.74) is 2.64. The molecule has 0 fully saturated rings. The SMILES string of the molecule is COc1cc(OC)cc(C(=O)NCCCn2c(C)nc3ccccc32)c1. The standard InChI is InChI=1S/C20H23N3O3/c1-14-22-18-7-4-5-8-19(18)23(14)10-6-9-21-20(24)15-11-16(25-2)13-17(12-15)26-3/h4-5,7-8,11-13H,6,9-10H2,1-3H3,(H,21,24). The number of nitrogens with one attached hydrogen (secondary N) is 1. The molecule has 0 atom stereocenters. The van der Waals surface area contributed by atoms with E-state index in [9.17, 15) is 4.79 Å². The first-order valence-corrected chi connectivity index (χ1v) is 8.55. The molecule has 1 heterocycles. The lowest BCUT2D eigenvalue weighted by Gasteiger charge is -2.10. The number of ether oxygens (including phenoxy) is 2. The van der Waals surface area contributed by atoms with E-state index >= 15 is 0 Å². The summed E-state index contributed by atoms with van der Waals surface area (Å²) in [4.78, 5) is 16.9. The highest BCUT2D eigenvalue weighted by Gasteiger charge is 2.10. The second-order valence-electron chi connectivity index (χ2n) is 6.01. The van der Waals surface area contributed by atoms with E-state index in [1.807, 2.05) is 25.1 Å². The molecule has 0 spiro atoms. The molecule has 136 valence electrons. The summed E-state index contributed by atoms with van der Waals surface area (Å²) in [7, 11) is 3.13. The maximum absolute atomic E-state index is 12.4. The first-order valence-electron chi connectivity index (χ1n) is 8.55. The molecule has 0 aliphatic carbocycles. The lowest BCUT2D eigenvalue weighted by Crippen LogP contribution is -2.25. The number of para-hydroxylation sites is 2. The largest absolute Gasteiger partial charge is 0.497 e. The summed E-state index contributed by atoms with van der Waals surface area (Å²) in [6, 6.07) is 13.2. The highest BCUT2D eigenvalue weighted by Crippen LogP contribution is 2.22. The summed E-state index contributed by atoms with van der Waals surface area (Å²) in [6.45, 7) is 3.37. The third-order valence-electron chi connectivity index (χ3n) is 4.30. The normalized spacial score (nSPS) is 10.7. The molecule has 0 saturated carbocycles. The zero-order valence-corrected chi connectivity index (χ0v) is 15.3. The molecule has 26 heavy (non-hydrogen) atoms. The number of aromatic nitrogens is 2. The number of nitrogens with zero attached hydrogens (tertiary/aromatic N) is 2. The zero-order chi connectivity index (χ0) is 18.5. The number of amides is 1. The minimum Gasteiger partial charge on any atom is -0.497 e. The van der Waals surface area contributed by atoms with Gasteiger partial charge < -0.3 is 19.4 Å². The Balaban J connectivity index is 1.59. The van der Waals surface area contributed by atoms with Crippen LogP contribution in [0.5, 0.6) is 11.5 Å². The molecule has 0 saturated heterocycles. The Hall–Kier alpha value is -3.02. The predicted octanol–water partition coefficient (Wildman–Crippen LogP) is 3.18. The van der Waals surface area contributed by atoms with Gasteiger partial charge in [0.2, 0.25) is 0 Å². The van der Waals surface area contributed by atoms with Gasteiger partial charge in [0.1, 0.15) is 17.3 Å². The minimum absolute atomic E-state index is 0.144. The van der Waals surface area contributed by atoms with Crippen LogP contribution >= 0.6 is 0 Å². The number of fused-ring (bicyclic) bond motifs is 1. The van der Waals surface area contributed by atoms with Gasteiger partial charge in [0.25, 0.3) is 5.91 Å².